The Kier molecular flexibility index (Phi) is 2.11. The Morgan fingerprint density at radius 3 is 3.00 bits per heavy atom. The lowest BCUT2D eigenvalue weighted by atomic mass is 10.1. The molecule has 0 spiro atoms. The zero-order chi connectivity index (χ0) is 10.3. The minimum Gasteiger partial charge on any atom is -0.480 e. The summed E-state index contributed by atoms with van der Waals surface area (Å²) < 4.78 is 0. The van der Waals surface area contributed by atoms with E-state index in [9.17, 15) is 4.79 Å². The van der Waals surface area contributed by atoms with Gasteiger partial charge in [-0.2, -0.15) is 0 Å². The third-order valence-corrected chi connectivity index (χ3v) is 2.94. The topological polar surface area (TPSA) is 49.3 Å². The van der Waals surface area contributed by atoms with Crippen molar-refractivity contribution in [3.63, 3.8) is 0 Å². The minimum atomic E-state index is -0.822. The molecule has 4 heteroatoms. The summed E-state index contributed by atoms with van der Waals surface area (Å²) in [7, 11) is 0. The Morgan fingerprint density at radius 1 is 1.64 bits per heavy atom. The molecular formula is C10H10ClNO2. The molecule has 0 aromatic heterocycles. The predicted molar refractivity (Wildman–Crippen MR) is 54.9 cm³/mol. The maximum atomic E-state index is 10.8. The van der Waals surface area contributed by atoms with Gasteiger partial charge in [0.15, 0.2) is 0 Å². The van der Waals surface area contributed by atoms with Crippen LogP contribution >= 0.6 is 11.6 Å². The molecule has 0 saturated carbocycles. The van der Waals surface area contributed by atoms with Crippen molar-refractivity contribution in [1.29, 1.82) is 0 Å². The highest BCUT2D eigenvalue weighted by Gasteiger charge is 2.27. The number of rotatable bonds is 1. The van der Waals surface area contributed by atoms with Gasteiger partial charge in [-0.3, -0.25) is 0 Å². The zero-order valence-corrected chi connectivity index (χ0v) is 8.43. The van der Waals surface area contributed by atoms with Gasteiger partial charge < -0.3 is 10.4 Å². The van der Waals surface area contributed by atoms with Crippen molar-refractivity contribution in [1.82, 2.24) is 0 Å². The van der Waals surface area contributed by atoms with E-state index < -0.39 is 12.0 Å². The number of anilines is 1. The first kappa shape index (κ1) is 9.34. The molecule has 1 unspecified atom stereocenters. The number of hydrogen-bond donors (Lipinski definition) is 2. The van der Waals surface area contributed by atoms with E-state index in [2.05, 4.69) is 5.32 Å². The average Bonchev–Trinajstić information content (AvgIpc) is 2.56. The van der Waals surface area contributed by atoms with E-state index in [1.165, 1.54) is 0 Å². The summed E-state index contributed by atoms with van der Waals surface area (Å²) in [6.07, 6.45) is 0.530. The van der Waals surface area contributed by atoms with Crippen LogP contribution in [0.1, 0.15) is 11.1 Å². The van der Waals surface area contributed by atoms with Gasteiger partial charge in [0.2, 0.25) is 0 Å². The van der Waals surface area contributed by atoms with E-state index >= 15 is 0 Å². The molecule has 0 fully saturated rings. The van der Waals surface area contributed by atoms with Gasteiger partial charge in [0.25, 0.3) is 0 Å². The molecule has 0 amide bonds. The first-order valence-corrected chi connectivity index (χ1v) is 4.74. The van der Waals surface area contributed by atoms with Crippen LogP contribution in [0, 0.1) is 6.92 Å². The monoisotopic (exact) mass is 211 g/mol. The normalized spacial score (nSPS) is 18.9. The summed E-state index contributed by atoms with van der Waals surface area (Å²) in [4.78, 5) is 10.8. The van der Waals surface area contributed by atoms with E-state index in [1.54, 1.807) is 0 Å². The molecule has 1 aromatic rings. The van der Waals surface area contributed by atoms with Crippen LogP contribution in [-0.2, 0) is 11.2 Å². The molecule has 74 valence electrons. The van der Waals surface area contributed by atoms with E-state index in [4.69, 9.17) is 16.7 Å². The van der Waals surface area contributed by atoms with Gasteiger partial charge in [0.1, 0.15) is 6.04 Å². The van der Waals surface area contributed by atoms with Gasteiger partial charge >= 0.3 is 5.97 Å². The number of aliphatic carboxylic acids is 1. The van der Waals surface area contributed by atoms with Crippen LogP contribution < -0.4 is 5.32 Å². The molecule has 1 atom stereocenters. The Morgan fingerprint density at radius 2 is 2.36 bits per heavy atom. The fourth-order valence-electron chi connectivity index (χ4n) is 1.71. The van der Waals surface area contributed by atoms with Gasteiger partial charge in [-0.05, 0) is 24.1 Å². The molecule has 0 aliphatic carbocycles. The lowest BCUT2D eigenvalue weighted by Gasteiger charge is -2.07. The van der Waals surface area contributed by atoms with Crippen LogP contribution in [0.3, 0.4) is 0 Å². The number of carboxylic acid groups (broad SMARTS) is 1. The highest BCUT2D eigenvalue weighted by molar-refractivity contribution is 6.31. The summed E-state index contributed by atoms with van der Waals surface area (Å²) in [6, 6.07) is 3.17. The number of halogens is 1. The molecule has 0 radical (unpaired) electrons. The lowest BCUT2D eigenvalue weighted by molar-refractivity contribution is -0.137. The Bertz CT molecular complexity index is 403. The summed E-state index contributed by atoms with van der Waals surface area (Å²) in [5.74, 6) is -0.822. The van der Waals surface area contributed by atoms with Crippen molar-refractivity contribution in [2.45, 2.75) is 19.4 Å². The van der Waals surface area contributed by atoms with Crippen LogP contribution in [0.15, 0.2) is 12.1 Å². The average molecular weight is 212 g/mol. The lowest BCUT2D eigenvalue weighted by Crippen LogP contribution is -2.26. The molecule has 1 aromatic carbocycles. The second-order valence-electron chi connectivity index (χ2n) is 3.45. The van der Waals surface area contributed by atoms with Crippen LogP contribution in [0.4, 0.5) is 5.69 Å². The molecule has 1 aliphatic rings. The fraction of sp³-hybridized carbons (Fsp3) is 0.300. The highest BCUT2D eigenvalue weighted by Crippen LogP contribution is 2.33. The van der Waals surface area contributed by atoms with Crippen LogP contribution in [0.2, 0.25) is 5.02 Å². The number of carbonyl (C=O) groups is 1. The van der Waals surface area contributed by atoms with Gasteiger partial charge in [-0.25, -0.2) is 4.79 Å². The fourth-order valence-corrected chi connectivity index (χ4v) is 1.87. The molecule has 0 bridgehead atoms. The first-order chi connectivity index (χ1) is 6.59. The standard InChI is InChI=1S/C10H10ClNO2/c1-5-7(11)3-2-6-4-8(10(13)14)12-9(5)6/h2-3,8,12H,4H2,1H3,(H,13,14). The molecule has 0 saturated heterocycles. The smallest absolute Gasteiger partial charge is 0.326 e. The Labute approximate surface area is 86.7 Å². The maximum Gasteiger partial charge on any atom is 0.326 e. The molecule has 1 heterocycles. The zero-order valence-electron chi connectivity index (χ0n) is 7.67. The molecule has 3 nitrogen and oxygen atoms in total. The summed E-state index contributed by atoms with van der Waals surface area (Å²) in [6.45, 7) is 1.89. The van der Waals surface area contributed by atoms with Crippen LogP contribution in [0.25, 0.3) is 0 Å². The third-order valence-electron chi connectivity index (χ3n) is 2.53. The molecule has 14 heavy (non-hydrogen) atoms. The third kappa shape index (κ3) is 1.34. The predicted octanol–water partition coefficient (Wildman–Crippen LogP) is 2.07. The van der Waals surface area contributed by atoms with Crippen molar-refractivity contribution < 1.29 is 9.90 Å². The second-order valence-corrected chi connectivity index (χ2v) is 3.85. The van der Waals surface area contributed by atoms with Crippen LogP contribution in [-0.4, -0.2) is 17.1 Å². The minimum absolute atomic E-state index is 0.512. The number of nitrogens with one attached hydrogen (secondary N) is 1. The van der Waals surface area contributed by atoms with Gasteiger partial charge in [0, 0.05) is 17.1 Å². The van der Waals surface area contributed by atoms with Crippen molar-refractivity contribution in [3.05, 3.63) is 28.3 Å². The Hall–Kier alpha value is -1.22. The van der Waals surface area contributed by atoms with Gasteiger partial charge in [-0.1, -0.05) is 17.7 Å². The van der Waals surface area contributed by atoms with Crippen molar-refractivity contribution in [2.75, 3.05) is 5.32 Å². The summed E-state index contributed by atoms with van der Waals surface area (Å²) in [5, 5.41) is 12.5. The van der Waals surface area contributed by atoms with Crippen molar-refractivity contribution in [2.24, 2.45) is 0 Å². The summed E-state index contributed by atoms with van der Waals surface area (Å²) >= 11 is 5.93. The first-order valence-electron chi connectivity index (χ1n) is 4.37. The van der Waals surface area contributed by atoms with Crippen molar-refractivity contribution >= 4 is 23.3 Å². The molecule has 2 N–H and O–H groups in total. The highest BCUT2D eigenvalue weighted by atomic mass is 35.5. The number of hydrogen-bond acceptors (Lipinski definition) is 2. The van der Waals surface area contributed by atoms with E-state index in [1.807, 2.05) is 19.1 Å². The quantitative estimate of drug-likeness (QED) is 0.748. The SMILES string of the molecule is Cc1c(Cl)ccc2c1NC(C(=O)O)C2. The number of benzene rings is 1. The number of fused-ring (bicyclic) bond motifs is 1. The Balaban J connectivity index is 2.40. The van der Waals surface area contributed by atoms with Gasteiger partial charge in [-0.15, -0.1) is 0 Å². The largest absolute Gasteiger partial charge is 0.480 e. The summed E-state index contributed by atoms with van der Waals surface area (Å²) in [5.41, 5.74) is 2.83. The van der Waals surface area contributed by atoms with Crippen LogP contribution in [0.5, 0.6) is 0 Å². The number of carboxylic acids is 1. The maximum absolute atomic E-state index is 10.8. The van der Waals surface area contributed by atoms with Crippen molar-refractivity contribution in [3.8, 4) is 0 Å². The molecule has 2 rings (SSSR count). The van der Waals surface area contributed by atoms with E-state index in [0.717, 1.165) is 16.8 Å². The molecule has 1 aliphatic heterocycles. The second kappa shape index (κ2) is 3.17. The van der Waals surface area contributed by atoms with E-state index in [0.29, 0.717) is 11.4 Å². The van der Waals surface area contributed by atoms with Gasteiger partial charge in [0.05, 0.1) is 0 Å². The molecular weight excluding hydrogens is 202 g/mol. The van der Waals surface area contributed by atoms with E-state index in [-0.39, 0.29) is 0 Å².